The summed E-state index contributed by atoms with van der Waals surface area (Å²) in [5, 5.41) is 10.1. The Bertz CT molecular complexity index is 201. The molecule has 0 aromatic rings. The van der Waals surface area contributed by atoms with Crippen LogP contribution in [0.3, 0.4) is 0 Å². The Kier molecular flexibility index (Phi) is 14.7. The van der Waals surface area contributed by atoms with Gasteiger partial charge in [-0.2, -0.15) is 0 Å². The highest BCUT2D eigenvalue weighted by Crippen LogP contribution is 2.19. The van der Waals surface area contributed by atoms with E-state index < -0.39 is 5.97 Å². The number of hydrogen-bond acceptors (Lipinski definition) is 3. The molecule has 1 N–H and O–H groups in total. The highest BCUT2D eigenvalue weighted by atomic mass is 16.8. The number of ether oxygens (including phenoxy) is 2. The van der Waals surface area contributed by atoms with E-state index >= 15 is 0 Å². The van der Waals surface area contributed by atoms with Gasteiger partial charge in [0.05, 0.1) is 0 Å². The highest BCUT2D eigenvalue weighted by Gasteiger charge is 2.26. The number of aliphatic hydroxyl groups is 1. The summed E-state index contributed by atoms with van der Waals surface area (Å²) in [7, 11) is 0. The molecule has 0 heterocycles. The second kappa shape index (κ2) is 14.8. The van der Waals surface area contributed by atoms with Crippen molar-refractivity contribution in [1.29, 1.82) is 0 Å². The van der Waals surface area contributed by atoms with Crippen LogP contribution in [0.4, 0.5) is 0 Å². The van der Waals surface area contributed by atoms with Crippen LogP contribution in [0.5, 0.6) is 0 Å². The lowest BCUT2D eigenvalue weighted by Gasteiger charge is -2.26. The first-order valence-corrected chi connectivity index (χ1v) is 9.18. The second-order valence-corrected chi connectivity index (χ2v) is 5.86. The van der Waals surface area contributed by atoms with E-state index in [-0.39, 0.29) is 0 Å². The van der Waals surface area contributed by atoms with Crippen LogP contribution in [-0.4, -0.2) is 24.3 Å². The van der Waals surface area contributed by atoms with Crippen molar-refractivity contribution in [2.24, 2.45) is 0 Å². The molecule has 0 radical (unpaired) electrons. The lowest BCUT2D eigenvalue weighted by Crippen LogP contribution is -2.35. The first-order valence-electron chi connectivity index (χ1n) is 9.18. The molecule has 0 aliphatic carbocycles. The third-order valence-electron chi connectivity index (χ3n) is 3.84. The van der Waals surface area contributed by atoms with Crippen molar-refractivity contribution < 1.29 is 14.6 Å². The molecule has 0 unspecified atom stereocenters. The normalized spacial score (nSPS) is 12.0. The molecule has 0 rings (SSSR count). The topological polar surface area (TPSA) is 38.7 Å². The van der Waals surface area contributed by atoms with Gasteiger partial charge in [-0.25, -0.2) is 0 Å². The van der Waals surface area contributed by atoms with Gasteiger partial charge in [0.15, 0.2) is 0 Å². The van der Waals surface area contributed by atoms with Gasteiger partial charge in [-0.1, -0.05) is 71.1 Å². The molecule has 3 heteroatoms. The lowest BCUT2D eigenvalue weighted by atomic mass is 10.0. The van der Waals surface area contributed by atoms with Gasteiger partial charge < -0.3 is 14.6 Å². The van der Waals surface area contributed by atoms with Crippen LogP contribution in [0.25, 0.3) is 0 Å². The predicted octanol–water partition coefficient (Wildman–Crippen LogP) is 5.41. The van der Waals surface area contributed by atoms with E-state index in [0.29, 0.717) is 19.6 Å². The molecule has 128 valence electrons. The SMILES string of the molecule is CCCCCCCCCCCCCC(O)(OCC)OCC. The molecule has 0 aliphatic rings. The fraction of sp³-hybridized carbons (Fsp3) is 1.00. The van der Waals surface area contributed by atoms with Crippen molar-refractivity contribution in [2.45, 2.75) is 104 Å². The van der Waals surface area contributed by atoms with Gasteiger partial charge in [0.1, 0.15) is 0 Å². The molecular weight excluding hydrogens is 264 g/mol. The van der Waals surface area contributed by atoms with E-state index in [1.54, 1.807) is 0 Å². The van der Waals surface area contributed by atoms with Crippen LogP contribution in [0, 0.1) is 0 Å². The second-order valence-electron chi connectivity index (χ2n) is 5.86. The van der Waals surface area contributed by atoms with Crippen molar-refractivity contribution in [2.75, 3.05) is 13.2 Å². The van der Waals surface area contributed by atoms with Crippen molar-refractivity contribution in [1.82, 2.24) is 0 Å². The zero-order valence-electron chi connectivity index (χ0n) is 14.7. The summed E-state index contributed by atoms with van der Waals surface area (Å²) in [6, 6.07) is 0. The predicted molar refractivity (Wildman–Crippen MR) is 89.3 cm³/mol. The fourth-order valence-corrected chi connectivity index (χ4v) is 2.65. The zero-order valence-corrected chi connectivity index (χ0v) is 14.7. The summed E-state index contributed by atoms with van der Waals surface area (Å²) >= 11 is 0. The van der Waals surface area contributed by atoms with Crippen molar-refractivity contribution in [3.05, 3.63) is 0 Å². The molecule has 21 heavy (non-hydrogen) atoms. The molecule has 0 saturated heterocycles. The van der Waals surface area contributed by atoms with Gasteiger partial charge in [-0.15, -0.1) is 0 Å². The molecule has 0 aliphatic heterocycles. The Morgan fingerprint density at radius 1 is 0.619 bits per heavy atom. The molecule has 0 aromatic heterocycles. The highest BCUT2D eigenvalue weighted by molar-refractivity contribution is 4.56. The Morgan fingerprint density at radius 2 is 1.00 bits per heavy atom. The standard InChI is InChI=1S/C18H38O3/c1-4-7-8-9-10-11-12-13-14-15-16-17-18(19,20-5-2)21-6-3/h19H,4-17H2,1-3H3. The minimum absolute atomic E-state index is 0.481. The van der Waals surface area contributed by atoms with Crippen LogP contribution >= 0.6 is 0 Å². The average Bonchev–Trinajstić information content (AvgIpc) is 2.45. The molecule has 0 aromatic carbocycles. The van der Waals surface area contributed by atoms with Crippen molar-refractivity contribution in [3.63, 3.8) is 0 Å². The Balaban J connectivity index is 3.37. The smallest absolute Gasteiger partial charge is 0.280 e. The molecule has 0 fully saturated rings. The lowest BCUT2D eigenvalue weighted by molar-refractivity contribution is -0.360. The van der Waals surface area contributed by atoms with E-state index in [4.69, 9.17) is 9.47 Å². The quantitative estimate of drug-likeness (QED) is 0.306. The van der Waals surface area contributed by atoms with Crippen molar-refractivity contribution >= 4 is 0 Å². The monoisotopic (exact) mass is 302 g/mol. The summed E-state index contributed by atoms with van der Waals surface area (Å²) in [6.07, 6.45) is 14.9. The molecule has 0 bridgehead atoms. The van der Waals surface area contributed by atoms with Crippen LogP contribution in [-0.2, 0) is 9.47 Å². The summed E-state index contributed by atoms with van der Waals surface area (Å²) in [5.41, 5.74) is 0. The third kappa shape index (κ3) is 13.3. The molecule has 0 atom stereocenters. The van der Waals surface area contributed by atoms with Gasteiger partial charge in [-0.3, -0.25) is 0 Å². The third-order valence-corrected chi connectivity index (χ3v) is 3.84. The maximum Gasteiger partial charge on any atom is 0.280 e. The minimum Gasteiger partial charge on any atom is -0.343 e. The van der Waals surface area contributed by atoms with Gasteiger partial charge in [0.2, 0.25) is 0 Å². The zero-order chi connectivity index (χ0) is 15.8. The summed E-state index contributed by atoms with van der Waals surface area (Å²) in [5.74, 6) is -1.36. The maximum absolute atomic E-state index is 10.1. The van der Waals surface area contributed by atoms with E-state index in [1.807, 2.05) is 13.8 Å². The van der Waals surface area contributed by atoms with Crippen LogP contribution < -0.4 is 0 Å². The van der Waals surface area contributed by atoms with Gasteiger partial charge in [-0.05, 0) is 20.3 Å². The first kappa shape index (κ1) is 20.9. The number of rotatable bonds is 16. The van der Waals surface area contributed by atoms with E-state index in [9.17, 15) is 5.11 Å². The van der Waals surface area contributed by atoms with Gasteiger partial charge in [0.25, 0.3) is 5.97 Å². The summed E-state index contributed by atoms with van der Waals surface area (Å²) in [6.45, 7) is 6.98. The van der Waals surface area contributed by atoms with Crippen LogP contribution in [0.15, 0.2) is 0 Å². The maximum atomic E-state index is 10.1. The number of unbranched alkanes of at least 4 members (excludes halogenated alkanes) is 10. The summed E-state index contributed by atoms with van der Waals surface area (Å²) in [4.78, 5) is 0. The van der Waals surface area contributed by atoms with Crippen molar-refractivity contribution in [3.8, 4) is 0 Å². The Labute approximate surface area is 132 Å². The fourth-order valence-electron chi connectivity index (χ4n) is 2.65. The molecular formula is C18H38O3. The largest absolute Gasteiger partial charge is 0.343 e. The minimum atomic E-state index is -1.36. The molecule has 0 amide bonds. The molecule has 0 saturated carbocycles. The summed E-state index contributed by atoms with van der Waals surface area (Å²) < 4.78 is 10.6. The Morgan fingerprint density at radius 3 is 1.38 bits per heavy atom. The molecule has 0 spiro atoms. The average molecular weight is 302 g/mol. The van der Waals surface area contributed by atoms with Gasteiger partial charge in [0, 0.05) is 19.6 Å². The van der Waals surface area contributed by atoms with E-state index in [0.717, 1.165) is 12.8 Å². The molecule has 3 nitrogen and oxygen atoms in total. The number of hydrogen-bond donors (Lipinski definition) is 1. The van der Waals surface area contributed by atoms with Crippen LogP contribution in [0.1, 0.15) is 97.8 Å². The Hall–Kier alpha value is -0.120. The van der Waals surface area contributed by atoms with E-state index in [1.165, 1.54) is 57.8 Å². The van der Waals surface area contributed by atoms with Crippen LogP contribution in [0.2, 0.25) is 0 Å². The first-order chi connectivity index (χ1) is 10.2. The van der Waals surface area contributed by atoms with Gasteiger partial charge >= 0.3 is 0 Å². The van der Waals surface area contributed by atoms with E-state index in [2.05, 4.69) is 6.92 Å².